The average molecular weight is 568 g/mol. The summed E-state index contributed by atoms with van der Waals surface area (Å²) in [5.74, 6) is -0.770. The molecule has 1 amide bonds. The van der Waals surface area contributed by atoms with Gasteiger partial charge < -0.3 is 9.84 Å². The number of amides is 1. The van der Waals surface area contributed by atoms with Crippen molar-refractivity contribution in [1.29, 1.82) is 0 Å². The highest BCUT2D eigenvalue weighted by atomic mass is 79.9. The third-order valence-corrected chi connectivity index (χ3v) is 6.67. The number of benzene rings is 3. The summed E-state index contributed by atoms with van der Waals surface area (Å²) in [5, 5.41) is 20.5. The Labute approximate surface area is 218 Å². The summed E-state index contributed by atoms with van der Waals surface area (Å²) in [4.78, 5) is 40.8. The quantitative estimate of drug-likeness (QED) is 0.215. The van der Waals surface area contributed by atoms with Crippen molar-refractivity contribution in [3.63, 3.8) is 0 Å². The number of halogens is 1. The van der Waals surface area contributed by atoms with Gasteiger partial charge in [-0.15, -0.1) is 0 Å². The van der Waals surface area contributed by atoms with Crippen molar-refractivity contribution in [2.24, 2.45) is 4.99 Å². The lowest BCUT2D eigenvalue weighted by Crippen LogP contribution is -2.23. The van der Waals surface area contributed by atoms with Crippen LogP contribution in [-0.2, 0) is 11.4 Å². The largest absolute Gasteiger partial charge is 0.488 e. The molecule has 0 aliphatic carbocycles. The van der Waals surface area contributed by atoms with Crippen molar-refractivity contribution < 1.29 is 24.4 Å². The molecule has 1 N–H and O–H groups in total. The van der Waals surface area contributed by atoms with Crippen LogP contribution in [0.15, 0.2) is 81.1 Å². The van der Waals surface area contributed by atoms with Crippen molar-refractivity contribution >= 4 is 62.2 Å². The number of thioether (sulfide) groups is 1. The van der Waals surface area contributed by atoms with Gasteiger partial charge in [-0.1, -0.05) is 28.1 Å². The molecule has 1 aliphatic heterocycles. The molecule has 0 aromatic heterocycles. The fourth-order valence-corrected chi connectivity index (χ4v) is 4.62. The number of ether oxygens (including phenoxy) is 1. The fraction of sp³-hybridized carbons (Fsp3) is 0.0800. The van der Waals surface area contributed by atoms with Crippen LogP contribution < -0.4 is 4.74 Å². The Morgan fingerprint density at radius 2 is 1.94 bits per heavy atom. The topological polar surface area (TPSA) is 122 Å². The second-order valence-electron chi connectivity index (χ2n) is 7.62. The molecule has 3 aromatic rings. The number of non-ortho nitro benzene ring substituents is 1. The summed E-state index contributed by atoms with van der Waals surface area (Å²) in [5.41, 5.74) is 1.93. The number of hydrogen-bond donors (Lipinski definition) is 1. The zero-order valence-electron chi connectivity index (χ0n) is 18.8. The van der Waals surface area contributed by atoms with Crippen LogP contribution in [-0.4, -0.2) is 39.0 Å². The van der Waals surface area contributed by atoms with Gasteiger partial charge >= 0.3 is 5.97 Å². The van der Waals surface area contributed by atoms with Crippen LogP contribution in [0.25, 0.3) is 6.08 Å². The molecular formula is C25H18BrN3O6S. The van der Waals surface area contributed by atoms with E-state index < -0.39 is 10.9 Å². The molecule has 0 spiro atoms. The van der Waals surface area contributed by atoms with Gasteiger partial charge in [0.1, 0.15) is 12.4 Å². The van der Waals surface area contributed by atoms with E-state index in [1.165, 1.54) is 40.9 Å². The molecular weight excluding hydrogens is 550 g/mol. The number of hydrogen-bond acceptors (Lipinski definition) is 7. The first-order chi connectivity index (χ1) is 17.2. The molecule has 0 saturated carbocycles. The second kappa shape index (κ2) is 10.8. The molecule has 1 heterocycles. The number of carboxylic acid groups (broad SMARTS) is 1. The molecule has 1 saturated heterocycles. The molecule has 9 nitrogen and oxygen atoms in total. The van der Waals surface area contributed by atoms with E-state index in [9.17, 15) is 19.7 Å². The Morgan fingerprint density at radius 3 is 2.64 bits per heavy atom. The second-order valence-corrected chi connectivity index (χ2v) is 9.54. The van der Waals surface area contributed by atoms with Gasteiger partial charge in [0.15, 0.2) is 5.17 Å². The van der Waals surface area contributed by atoms with Gasteiger partial charge in [-0.3, -0.25) is 19.8 Å². The van der Waals surface area contributed by atoms with Crippen molar-refractivity contribution in [2.45, 2.75) is 6.61 Å². The summed E-state index contributed by atoms with van der Waals surface area (Å²) in [6.07, 6.45) is 1.70. The van der Waals surface area contributed by atoms with Gasteiger partial charge in [0.05, 0.1) is 21.1 Å². The van der Waals surface area contributed by atoms with Crippen LogP contribution in [0, 0.1) is 10.1 Å². The van der Waals surface area contributed by atoms with Crippen molar-refractivity contribution in [3.8, 4) is 5.75 Å². The van der Waals surface area contributed by atoms with Crippen molar-refractivity contribution in [2.75, 3.05) is 7.05 Å². The van der Waals surface area contributed by atoms with E-state index in [0.717, 1.165) is 4.47 Å². The molecule has 182 valence electrons. The molecule has 36 heavy (non-hydrogen) atoms. The Balaban J connectivity index is 1.57. The zero-order chi connectivity index (χ0) is 25.8. The van der Waals surface area contributed by atoms with E-state index in [-0.39, 0.29) is 23.8 Å². The van der Waals surface area contributed by atoms with E-state index >= 15 is 0 Å². The highest BCUT2D eigenvalue weighted by Gasteiger charge is 2.30. The Bertz CT molecular complexity index is 1420. The monoisotopic (exact) mass is 567 g/mol. The molecule has 0 radical (unpaired) electrons. The first kappa shape index (κ1) is 25.1. The molecule has 11 heteroatoms. The van der Waals surface area contributed by atoms with E-state index in [4.69, 9.17) is 9.84 Å². The predicted octanol–water partition coefficient (Wildman–Crippen LogP) is 5.87. The summed E-state index contributed by atoms with van der Waals surface area (Å²) in [6, 6.07) is 17.6. The Morgan fingerprint density at radius 1 is 1.19 bits per heavy atom. The third kappa shape index (κ3) is 5.81. The summed E-state index contributed by atoms with van der Waals surface area (Å²) < 4.78 is 6.72. The SMILES string of the molecule is CN1C(=O)/C(=C/c2cc(Br)ccc2OCc2cccc([N+](=O)[O-])c2)SC1=Nc1ccc(C(=O)O)cc1. The zero-order valence-corrected chi connectivity index (χ0v) is 21.2. The summed E-state index contributed by atoms with van der Waals surface area (Å²) in [6.45, 7) is 0.111. The standard InChI is InChI=1S/C25H18BrN3O6S/c1-28-23(30)22(36-25(28)27-19-8-5-16(6-9-19)24(31)32)13-17-12-18(26)7-10-21(17)35-14-15-3-2-4-20(11-15)29(33)34/h2-13H,14H2,1H3,(H,31,32)/b22-13-,27-25?. The van der Waals surface area contributed by atoms with Gasteiger partial charge in [0, 0.05) is 29.2 Å². The maximum atomic E-state index is 12.9. The fourth-order valence-electron chi connectivity index (χ4n) is 3.27. The number of nitro groups is 1. The number of rotatable bonds is 7. The maximum Gasteiger partial charge on any atom is 0.335 e. The highest BCUT2D eigenvalue weighted by Crippen LogP contribution is 2.35. The minimum atomic E-state index is -1.03. The number of carbonyl (C=O) groups is 2. The van der Waals surface area contributed by atoms with Crippen LogP contribution in [0.4, 0.5) is 11.4 Å². The van der Waals surface area contributed by atoms with E-state index in [1.54, 1.807) is 49.5 Å². The third-order valence-electron chi connectivity index (χ3n) is 5.12. The van der Waals surface area contributed by atoms with Crippen molar-refractivity contribution in [3.05, 3.63) is 103 Å². The van der Waals surface area contributed by atoms with Crippen LogP contribution in [0.3, 0.4) is 0 Å². The van der Waals surface area contributed by atoms with E-state index in [1.807, 2.05) is 6.07 Å². The first-order valence-electron chi connectivity index (χ1n) is 10.5. The van der Waals surface area contributed by atoms with Crippen LogP contribution in [0.1, 0.15) is 21.5 Å². The predicted molar refractivity (Wildman–Crippen MR) is 140 cm³/mol. The minimum Gasteiger partial charge on any atom is -0.488 e. The Kier molecular flexibility index (Phi) is 7.51. The number of nitro benzene ring substituents is 1. The van der Waals surface area contributed by atoms with Gasteiger partial charge in [-0.2, -0.15) is 0 Å². The summed E-state index contributed by atoms with van der Waals surface area (Å²) >= 11 is 4.63. The lowest BCUT2D eigenvalue weighted by Gasteiger charge is -2.10. The molecule has 0 bridgehead atoms. The smallest absolute Gasteiger partial charge is 0.335 e. The van der Waals surface area contributed by atoms with E-state index in [0.29, 0.717) is 32.6 Å². The summed E-state index contributed by atoms with van der Waals surface area (Å²) in [7, 11) is 1.61. The number of amidine groups is 1. The molecule has 3 aromatic carbocycles. The lowest BCUT2D eigenvalue weighted by molar-refractivity contribution is -0.384. The van der Waals surface area contributed by atoms with Crippen LogP contribution in [0.5, 0.6) is 5.75 Å². The minimum absolute atomic E-state index is 0.0188. The van der Waals surface area contributed by atoms with Gasteiger partial charge in [-0.25, -0.2) is 9.79 Å². The van der Waals surface area contributed by atoms with Gasteiger partial charge in [-0.05, 0) is 65.9 Å². The number of carbonyl (C=O) groups excluding carboxylic acids is 1. The number of aromatic carboxylic acids is 1. The van der Waals surface area contributed by atoms with Crippen LogP contribution in [0.2, 0.25) is 0 Å². The molecule has 1 aliphatic rings. The highest BCUT2D eigenvalue weighted by molar-refractivity contribution is 9.10. The number of nitrogens with zero attached hydrogens (tertiary/aromatic N) is 3. The van der Waals surface area contributed by atoms with Crippen molar-refractivity contribution in [1.82, 2.24) is 4.90 Å². The molecule has 0 atom stereocenters. The van der Waals surface area contributed by atoms with Crippen LogP contribution >= 0.6 is 27.7 Å². The lowest BCUT2D eigenvalue weighted by atomic mass is 10.1. The first-order valence-corrected chi connectivity index (χ1v) is 12.1. The van der Waals surface area contributed by atoms with Gasteiger partial charge in [0.25, 0.3) is 11.6 Å². The number of aliphatic imine (C=N–C) groups is 1. The number of carboxylic acids is 1. The molecule has 4 rings (SSSR count). The average Bonchev–Trinajstić information content (AvgIpc) is 3.11. The molecule has 1 fully saturated rings. The normalized spacial score (nSPS) is 15.5. The maximum absolute atomic E-state index is 12.9. The molecule has 0 unspecified atom stereocenters. The number of likely N-dealkylation sites (N-methyl/N-ethyl adjacent to an activating group) is 1. The van der Waals surface area contributed by atoms with E-state index in [2.05, 4.69) is 20.9 Å². The van der Waals surface area contributed by atoms with Gasteiger partial charge in [0.2, 0.25) is 0 Å². The Hall–Kier alpha value is -3.96.